The van der Waals surface area contributed by atoms with Crippen LogP contribution in [0, 0.1) is 24.6 Å². The molecule has 1 aromatic rings. The molecule has 1 heterocycles. The zero-order chi connectivity index (χ0) is 13.6. The first-order valence-electron chi connectivity index (χ1n) is 6.87. The SMILES string of the molecule is Cc1ccc(F)cc1C(=O)N1CC2CCC(N)C2C1. The van der Waals surface area contributed by atoms with Gasteiger partial charge < -0.3 is 10.6 Å². The maximum Gasteiger partial charge on any atom is 0.254 e. The average molecular weight is 262 g/mol. The minimum absolute atomic E-state index is 0.0569. The number of carbonyl (C=O) groups excluding carboxylic acids is 1. The zero-order valence-electron chi connectivity index (χ0n) is 11.1. The lowest BCUT2D eigenvalue weighted by molar-refractivity contribution is 0.0778. The van der Waals surface area contributed by atoms with Crippen molar-refractivity contribution in [3.8, 4) is 0 Å². The molecule has 3 unspecified atom stereocenters. The Morgan fingerprint density at radius 3 is 2.89 bits per heavy atom. The first-order chi connectivity index (χ1) is 9.06. The van der Waals surface area contributed by atoms with E-state index in [1.54, 1.807) is 6.07 Å². The van der Waals surface area contributed by atoms with Crippen LogP contribution < -0.4 is 5.73 Å². The molecule has 1 aliphatic carbocycles. The van der Waals surface area contributed by atoms with Gasteiger partial charge in [0.05, 0.1) is 0 Å². The third kappa shape index (κ3) is 2.14. The Hall–Kier alpha value is -1.42. The molecule has 19 heavy (non-hydrogen) atoms. The van der Waals surface area contributed by atoms with Crippen LogP contribution >= 0.6 is 0 Å². The fraction of sp³-hybridized carbons (Fsp3) is 0.533. The highest BCUT2D eigenvalue weighted by Crippen LogP contribution is 2.37. The van der Waals surface area contributed by atoms with Crippen LogP contribution in [0.25, 0.3) is 0 Å². The van der Waals surface area contributed by atoms with Crippen molar-refractivity contribution in [2.45, 2.75) is 25.8 Å². The number of benzene rings is 1. The highest BCUT2D eigenvalue weighted by Gasteiger charge is 2.42. The summed E-state index contributed by atoms with van der Waals surface area (Å²) >= 11 is 0. The van der Waals surface area contributed by atoms with Crippen molar-refractivity contribution in [1.29, 1.82) is 0 Å². The van der Waals surface area contributed by atoms with Crippen LogP contribution in [0.3, 0.4) is 0 Å². The van der Waals surface area contributed by atoms with E-state index in [9.17, 15) is 9.18 Å². The van der Waals surface area contributed by atoms with Crippen molar-refractivity contribution in [2.75, 3.05) is 13.1 Å². The minimum Gasteiger partial charge on any atom is -0.338 e. The van der Waals surface area contributed by atoms with Crippen LogP contribution in [0.5, 0.6) is 0 Å². The summed E-state index contributed by atoms with van der Waals surface area (Å²) in [5.74, 6) is 0.550. The predicted molar refractivity (Wildman–Crippen MR) is 71.2 cm³/mol. The molecule has 2 fully saturated rings. The first-order valence-corrected chi connectivity index (χ1v) is 6.87. The van der Waals surface area contributed by atoms with Gasteiger partial charge in [0.2, 0.25) is 0 Å². The fourth-order valence-electron chi connectivity index (χ4n) is 3.47. The number of halogens is 1. The summed E-state index contributed by atoms with van der Waals surface area (Å²) in [6.07, 6.45) is 2.17. The predicted octanol–water partition coefficient (Wildman–Crippen LogP) is 1.94. The molecule has 3 nitrogen and oxygen atoms in total. The van der Waals surface area contributed by atoms with Crippen LogP contribution in [0.15, 0.2) is 18.2 Å². The molecule has 1 aromatic carbocycles. The molecule has 2 N–H and O–H groups in total. The van der Waals surface area contributed by atoms with Crippen molar-refractivity contribution in [1.82, 2.24) is 4.90 Å². The Morgan fingerprint density at radius 1 is 1.37 bits per heavy atom. The lowest BCUT2D eigenvalue weighted by atomic mass is 9.98. The van der Waals surface area contributed by atoms with Crippen LogP contribution in [0.2, 0.25) is 0 Å². The second-order valence-electron chi connectivity index (χ2n) is 5.83. The number of fused-ring (bicyclic) bond motifs is 1. The van der Waals surface area contributed by atoms with E-state index in [0.29, 0.717) is 17.4 Å². The lowest BCUT2D eigenvalue weighted by Crippen LogP contribution is -2.33. The second kappa shape index (κ2) is 4.60. The van der Waals surface area contributed by atoms with Crippen LogP contribution in [-0.2, 0) is 0 Å². The Morgan fingerprint density at radius 2 is 2.16 bits per heavy atom. The Kier molecular flexibility index (Phi) is 3.05. The quantitative estimate of drug-likeness (QED) is 0.840. The highest BCUT2D eigenvalue weighted by atomic mass is 19.1. The molecule has 1 saturated carbocycles. The van der Waals surface area contributed by atoms with Crippen molar-refractivity contribution >= 4 is 5.91 Å². The Labute approximate surface area is 112 Å². The topological polar surface area (TPSA) is 46.3 Å². The maximum atomic E-state index is 13.3. The molecular formula is C15H19FN2O. The van der Waals surface area contributed by atoms with E-state index in [0.717, 1.165) is 31.5 Å². The average Bonchev–Trinajstić information content (AvgIpc) is 2.94. The van der Waals surface area contributed by atoms with Gasteiger partial charge in [0.15, 0.2) is 0 Å². The van der Waals surface area contributed by atoms with Crippen LogP contribution in [-0.4, -0.2) is 29.9 Å². The minimum atomic E-state index is -0.356. The lowest BCUT2D eigenvalue weighted by Gasteiger charge is -2.19. The molecule has 0 radical (unpaired) electrons. The third-order valence-corrected chi connectivity index (χ3v) is 4.63. The number of carbonyl (C=O) groups is 1. The molecule has 3 rings (SSSR count). The summed E-state index contributed by atoms with van der Waals surface area (Å²) in [4.78, 5) is 14.3. The van der Waals surface area contributed by atoms with Gasteiger partial charge in [-0.25, -0.2) is 4.39 Å². The van der Waals surface area contributed by atoms with E-state index in [2.05, 4.69) is 0 Å². The Bertz CT molecular complexity index is 517. The van der Waals surface area contributed by atoms with E-state index in [-0.39, 0.29) is 17.8 Å². The number of rotatable bonds is 1. The van der Waals surface area contributed by atoms with Crippen molar-refractivity contribution < 1.29 is 9.18 Å². The summed E-state index contributed by atoms with van der Waals surface area (Å²) in [5, 5.41) is 0. The molecular weight excluding hydrogens is 243 g/mol. The van der Waals surface area contributed by atoms with Gasteiger partial charge in [-0.2, -0.15) is 0 Å². The van der Waals surface area contributed by atoms with Gasteiger partial charge >= 0.3 is 0 Å². The standard InChI is InChI=1S/C15H19FN2O/c1-9-2-4-11(16)6-12(9)15(19)18-7-10-3-5-14(17)13(10)8-18/h2,4,6,10,13-14H,3,5,7-8,17H2,1H3. The summed E-state index contributed by atoms with van der Waals surface area (Å²) in [5.41, 5.74) is 7.38. The van der Waals surface area contributed by atoms with E-state index < -0.39 is 0 Å². The summed E-state index contributed by atoms with van der Waals surface area (Å²) in [6, 6.07) is 4.61. The summed E-state index contributed by atoms with van der Waals surface area (Å²) < 4.78 is 13.3. The number of likely N-dealkylation sites (tertiary alicyclic amines) is 1. The van der Waals surface area contributed by atoms with E-state index >= 15 is 0 Å². The largest absolute Gasteiger partial charge is 0.338 e. The zero-order valence-corrected chi connectivity index (χ0v) is 11.1. The van der Waals surface area contributed by atoms with E-state index in [4.69, 9.17) is 5.73 Å². The monoisotopic (exact) mass is 262 g/mol. The third-order valence-electron chi connectivity index (χ3n) is 4.63. The molecule has 0 spiro atoms. The molecule has 1 saturated heterocycles. The first kappa shape index (κ1) is 12.6. The molecule has 3 atom stereocenters. The Balaban J connectivity index is 1.80. The molecule has 102 valence electrons. The van der Waals surface area contributed by atoms with Crippen LogP contribution in [0.4, 0.5) is 4.39 Å². The maximum absolute atomic E-state index is 13.3. The van der Waals surface area contributed by atoms with Gasteiger partial charge in [-0.3, -0.25) is 4.79 Å². The van der Waals surface area contributed by atoms with E-state index in [1.165, 1.54) is 12.1 Å². The molecule has 4 heteroatoms. The molecule has 1 amide bonds. The number of aryl methyl sites for hydroxylation is 1. The van der Waals surface area contributed by atoms with Crippen molar-refractivity contribution in [3.05, 3.63) is 35.1 Å². The van der Waals surface area contributed by atoms with Crippen LogP contribution in [0.1, 0.15) is 28.8 Å². The number of nitrogens with zero attached hydrogens (tertiary/aromatic N) is 1. The van der Waals surface area contributed by atoms with Gasteiger partial charge in [-0.15, -0.1) is 0 Å². The molecule has 1 aliphatic heterocycles. The van der Waals surface area contributed by atoms with Gasteiger partial charge in [0.25, 0.3) is 5.91 Å². The smallest absolute Gasteiger partial charge is 0.254 e. The fourth-order valence-corrected chi connectivity index (χ4v) is 3.47. The van der Waals surface area contributed by atoms with Crippen molar-refractivity contribution in [2.24, 2.45) is 17.6 Å². The molecule has 0 aromatic heterocycles. The second-order valence-corrected chi connectivity index (χ2v) is 5.83. The number of hydrogen-bond donors (Lipinski definition) is 1. The van der Waals surface area contributed by atoms with Gasteiger partial charge in [0, 0.05) is 24.7 Å². The van der Waals surface area contributed by atoms with Gasteiger partial charge in [-0.05, 0) is 49.3 Å². The van der Waals surface area contributed by atoms with Gasteiger partial charge in [0.1, 0.15) is 5.82 Å². The van der Waals surface area contributed by atoms with Gasteiger partial charge in [-0.1, -0.05) is 6.07 Å². The number of hydrogen-bond acceptors (Lipinski definition) is 2. The number of amides is 1. The number of nitrogens with two attached hydrogens (primary N) is 1. The summed E-state index contributed by atoms with van der Waals surface area (Å²) in [7, 11) is 0. The summed E-state index contributed by atoms with van der Waals surface area (Å²) in [6.45, 7) is 3.34. The van der Waals surface area contributed by atoms with Crippen molar-refractivity contribution in [3.63, 3.8) is 0 Å². The highest BCUT2D eigenvalue weighted by molar-refractivity contribution is 5.95. The normalized spacial score (nSPS) is 29.6. The molecule has 2 aliphatic rings. The molecule has 0 bridgehead atoms. The van der Waals surface area contributed by atoms with E-state index in [1.807, 2.05) is 11.8 Å².